The Morgan fingerprint density at radius 1 is 0.500 bits per heavy atom. The van der Waals surface area contributed by atoms with Crippen molar-refractivity contribution in [1.82, 2.24) is 0 Å². The number of carboxylic acid groups (broad SMARTS) is 3. The molecule has 0 aromatic heterocycles. The number of aliphatic hydroxyl groups is 3. The van der Waals surface area contributed by atoms with Gasteiger partial charge in [0.25, 0.3) is 0 Å². The monoisotopic (exact) mass is 434 g/mol. The van der Waals surface area contributed by atoms with E-state index in [4.69, 9.17) is 15.3 Å². The van der Waals surface area contributed by atoms with E-state index in [2.05, 4.69) is 0 Å². The Labute approximate surface area is 171 Å². The number of hydrogen-bond acceptors (Lipinski definition) is 9. The fraction of sp³-hybridized carbons (Fsp3) is 0.667. The van der Waals surface area contributed by atoms with E-state index in [0.717, 1.165) is 0 Å². The number of aliphatic carboxylic acids is 3. The molecule has 0 aromatic carbocycles. The van der Waals surface area contributed by atoms with Crippen molar-refractivity contribution >= 4 is 35.3 Å². The second-order valence-electron chi connectivity index (χ2n) is 7.51. The predicted octanol–water partition coefficient (Wildman–Crippen LogP) is -1.37. The fourth-order valence-electron chi connectivity index (χ4n) is 3.44. The lowest BCUT2D eigenvalue weighted by atomic mass is 9.64. The van der Waals surface area contributed by atoms with Crippen LogP contribution in [0.2, 0.25) is 0 Å². The highest BCUT2D eigenvalue weighted by Gasteiger charge is 2.44. The molecule has 0 heterocycles. The smallest absolute Gasteiger partial charge is 0.310 e. The first kappa shape index (κ1) is 27.3. The SMILES string of the molecule is O=C(O)CC(=O)CC(CC(=O)CC(=O)O)(CC(=O)CC(=O)O)CC(CO)(CO)CO. The van der Waals surface area contributed by atoms with Crippen molar-refractivity contribution in [2.75, 3.05) is 19.8 Å². The van der Waals surface area contributed by atoms with Gasteiger partial charge >= 0.3 is 17.9 Å². The summed E-state index contributed by atoms with van der Waals surface area (Å²) in [6, 6.07) is 0. The van der Waals surface area contributed by atoms with Gasteiger partial charge in [0, 0.05) is 24.7 Å². The third kappa shape index (κ3) is 9.67. The summed E-state index contributed by atoms with van der Waals surface area (Å²) in [6.45, 7) is -2.51. The van der Waals surface area contributed by atoms with Gasteiger partial charge in [-0.2, -0.15) is 0 Å². The van der Waals surface area contributed by atoms with Crippen molar-refractivity contribution in [3.8, 4) is 0 Å². The number of carbonyl (C=O) groups is 6. The van der Waals surface area contributed by atoms with E-state index in [-0.39, 0.29) is 0 Å². The van der Waals surface area contributed by atoms with Crippen LogP contribution in [-0.4, -0.2) is 85.7 Å². The average molecular weight is 434 g/mol. The molecule has 0 rings (SSSR count). The largest absolute Gasteiger partial charge is 0.481 e. The number of carbonyl (C=O) groups excluding carboxylic acids is 3. The molecule has 12 heteroatoms. The Bertz CT molecular complexity index is 594. The lowest BCUT2D eigenvalue weighted by molar-refractivity contribution is -0.141. The highest BCUT2D eigenvalue weighted by molar-refractivity contribution is 5.99. The number of carboxylic acids is 3. The lowest BCUT2D eigenvalue weighted by Gasteiger charge is -2.40. The maximum absolute atomic E-state index is 12.2. The number of aliphatic hydroxyl groups excluding tert-OH is 3. The van der Waals surface area contributed by atoms with Crippen LogP contribution in [0.4, 0.5) is 0 Å². The van der Waals surface area contributed by atoms with Gasteiger partial charge in [0.05, 0.1) is 19.8 Å². The number of Topliss-reactive ketones (excluding diaryl/α,β-unsaturated/α-hetero) is 3. The van der Waals surface area contributed by atoms with Crippen molar-refractivity contribution in [2.24, 2.45) is 10.8 Å². The van der Waals surface area contributed by atoms with Gasteiger partial charge in [-0.25, -0.2) is 0 Å². The number of rotatable bonds is 17. The molecule has 0 unspecified atom stereocenters. The van der Waals surface area contributed by atoms with Crippen molar-refractivity contribution < 1.29 is 59.4 Å². The molecule has 0 fully saturated rings. The third-order valence-electron chi connectivity index (χ3n) is 4.52. The summed E-state index contributed by atoms with van der Waals surface area (Å²) in [4.78, 5) is 69.2. The maximum atomic E-state index is 12.2. The molecular formula is C18H26O12. The van der Waals surface area contributed by atoms with E-state index >= 15 is 0 Å². The van der Waals surface area contributed by atoms with Crippen LogP contribution in [0.5, 0.6) is 0 Å². The standard InChI is InChI=1S/C18H26O12/c19-8-18(9-20,10-21)7-17(4-11(22)1-14(25)26,5-12(23)2-15(27)28)6-13(24)3-16(29)30/h19-21H,1-10H2,(H,25,26)(H,27,28)(H,29,30). The minimum absolute atomic E-state index is 0.536. The van der Waals surface area contributed by atoms with Gasteiger partial charge < -0.3 is 30.6 Å². The van der Waals surface area contributed by atoms with Gasteiger partial charge in [-0.1, -0.05) is 0 Å². The molecule has 0 saturated heterocycles. The number of ketones is 3. The van der Waals surface area contributed by atoms with Crippen LogP contribution in [0.25, 0.3) is 0 Å². The van der Waals surface area contributed by atoms with Crippen LogP contribution in [-0.2, 0) is 28.8 Å². The highest BCUT2D eigenvalue weighted by Crippen LogP contribution is 2.44. The molecule has 0 bridgehead atoms. The molecule has 0 saturated carbocycles. The molecular weight excluding hydrogens is 408 g/mol. The zero-order chi connectivity index (χ0) is 23.5. The first-order valence-corrected chi connectivity index (χ1v) is 8.85. The van der Waals surface area contributed by atoms with E-state index in [1.807, 2.05) is 0 Å². The molecule has 0 radical (unpaired) electrons. The molecule has 6 N–H and O–H groups in total. The van der Waals surface area contributed by atoms with Crippen molar-refractivity contribution in [3.63, 3.8) is 0 Å². The number of hydrogen-bond donors (Lipinski definition) is 6. The fourth-order valence-corrected chi connectivity index (χ4v) is 3.44. The van der Waals surface area contributed by atoms with Crippen LogP contribution in [0.15, 0.2) is 0 Å². The summed E-state index contributed by atoms with van der Waals surface area (Å²) >= 11 is 0. The molecule has 0 aromatic rings. The minimum Gasteiger partial charge on any atom is -0.481 e. The summed E-state index contributed by atoms with van der Waals surface area (Å²) in [6.07, 6.45) is -5.69. The summed E-state index contributed by atoms with van der Waals surface area (Å²) in [5.41, 5.74) is -3.50. The second-order valence-corrected chi connectivity index (χ2v) is 7.51. The van der Waals surface area contributed by atoms with E-state index in [1.54, 1.807) is 0 Å². The van der Waals surface area contributed by atoms with Gasteiger partial charge in [-0.3, -0.25) is 28.8 Å². The normalized spacial score (nSPS) is 11.7. The predicted molar refractivity (Wildman–Crippen MR) is 96.4 cm³/mol. The summed E-state index contributed by atoms with van der Waals surface area (Å²) in [7, 11) is 0. The van der Waals surface area contributed by atoms with Crippen LogP contribution >= 0.6 is 0 Å². The minimum atomic E-state index is -1.81. The van der Waals surface area contributed by atoms with Crippen LogP contribution in [0.3, 0.4) is 0 Å². The summed E-state index contributed by atoms with van der Waals surface area (Å²) in [5.74, 6) is -7.30. The van der Waals surface area contributed by atoms with E-state index < -0.39 is 111 Å². The second kappa shape index (κ2) is 12.1. The molecule has 0 spiro atoms. The van der Waals surface area contributed by atoms with Crippen LogP contribution in [0.1, 0.15) is 44.9 Å². The topological polar surface area (TPSA) is 224 Å². The molecule has 0 aliphatic heterocycles. The van der Waals surface area contributed by atoms with Crippen LogP contribution < -0.4 is 0 Å². The molecule has 0 aliphatic rings. The Hall–Kier alpha value is -2.70. The van der Waals surface area contributed by atoms with Crippen molar-refractivity contribution in [3.05, 3.63) is 0 Å². The van der Waals surface area contributed by atoms with Gasteiger partial charge in [-0.15, -0.1) is 0 Å². The van der Waals surface area contributed by atoms with Crippen LogP contribution in [0, 0.1) is 10.8 Å². The summed E-state index contributed by atoms with van der Waals surface area (Å²) in [5, 5.41) is 55.3. The quantitative estimate of drug-likeness (QED) is 0.146. The van der Waals surface area contributed by atoms with Crippen molar-refractivity contribution in [1.29, 1.82) is 0 Å². The van der Waals surface area contributed by atoms with Gasteiger partial charge in [0.1, 0.15) is 36.6 Å². The van der Waals surface area contributed by atoms with Gasteiger partial charge in [0.15, 0.2) is 0 Å². The third-order valence-corrected chi connectivity index (χ3v) is 4.52. The Balaban J connectivity index is 6.24. The first-order chi connectivity index (χ1) is 13.8. The van der Waals surface area contributed by atoms with Gasteiger partial charge in [-0.05, 0) is 11.8 Å². The maximum Gasteiger partial charge on any atom is 0.310 e. The molecule has 170 valence electrons. The lowest BCUT2D eigenvalue weighted by Crippen LogP contribution is -2.43. The average Bonchev–Trinajstić information content (AvgIpc) is 2.57. The molecule has 0 aliphatic carbocycles. The molecule has 0 amide bonds. The van der Waals surface area contributed by atoms with Crippen molar-refractivity contribution in [2.45, 2.75) is 44.9 Å². The van der Waals surface area contributed by atoms with E-state index in [9.17, 15) is 44.1 Å². The van der Waals surface area contributed by atoms with E-state index in [0.29, 0.717) is 0 Å². The zero-order valence-electron chi connectivity index (χ0n) is 16.2. The molecule has 30 heavy (non-hydrogen) atoms. The van der Waals surface area contributed by atoms with E-state index in [1.165, 1.54) is 0 Å². The highest BCUT2D eigenvalue weighted by atomic mass is 16.4. The molecule has 0 atom stereocenters. The van der Waals surface area contributed by atoms with Gasteiger partial charge in [0.2, 0.25) is 0 Å². The Kier molecular flexibility index (Phi) is 11.0. The zero-order valence-corrected chi connectivity index (χ0v) is 16.2. The summed E-state index contributed by atoms with van der Waals surface area (Å²) < 4.78 is 0. The molecule has 12 nitrogen and oxygen atoms in total. The Morgan fingerprint density at radius 3 is 0.967 bits per heavy atom. The first-order valence-electron chi connectivity index (χ1n) is 8.85. The Morgan fingerprint density at radius 2 is 0.767 bits per heavy atom.